The Bertz CT molecular complexity index is 3860. The lowest BCUT2D eigenvalue weighted by atomic mass is 9.98. The molecule has 0 spiro atoms. The predicted octanol–water partition coefficient (Wildman–Crippen LogP) is 17.5. The maximum atomic E-state index is 2.52. The number of rotatable bonds is 6. The summed E-state index contributed by atoms with van der Waals surface area (Å²) in [6.07, 6.45) is 0. The van der Waals surface area contributed by atoms with Crippen LogP contribution in [0.15, 0.2) is 218 Å². The minimum atomic E-state index is 1.11. The van der Waals surface area contributed by atoms with E-state index in [0.29, 0.717) is 0 Å². The van der Waals surface area contributed by atoms with Crippen molar-refractivity contribution in [2.24, 2.45) is 0 Å². The second-order valence-electron chi connectivity index (χ2n) is 16.0. The third kappa shape index (κ3) is 5.41. The Balaban J connectivity index is 0.975. The number of thiazole rings is 1. The molecule has 0 aliphatic rings. The number of aromatic nitrogens is 1. The van der Waals surface area contributed by atoms with Crippen LogP contribution in [0.2, 0.25) is 0 Å². The van der Waals surface area contributed by atoms with Crippen LogP contribution in [0.4, 0.5) is 17.1 Å². The lowest BCUT2D eigenvalue weighted by molar-refractivity contribution is 1.30. The fraction of sp³-hybridized carbons (Fsp3) is 0. The molecule has 13 aromatic rings. The van der Waals surface area contributed by atoms with E-state index in [4.69, 9.17) is 0 Å². The largest absolute Gasteiger partial charge is 0.309 e. The van der Waals surface area contributed by atoms with Crippen LogP contribution in [0.1, 0.15) is 0 Å². The van der Waals surface area contributed by atoms with Gasteiger partial charge in [0, 0.05) is 43.4 Å². The van der Waals surface area contributed by atoms with Crippen LogP contribution in [-0.4, -0.2) is 4.40 Å². The van der Waals surface area contributed by atoms with Crippen LogP contribution in [0.5, 0.6) is 0 Å². The molecule has 62 heavy (non-hydrogen) atoms. The first-order valence-corrected chi connectivity index (χ1v) is 22.7. The van der Waals surface area contributed by atoms with Gasteiger partial charge < -0.3 is 4.90 Å². The zero-order valence-electron chi connectivity index (χ0n) is 33.5. The second-order valence-corrected chi connectivity index (χ2v) is 18.1. The minimum Gasteiger partial charge on any atom is -0.309 e. The van der Waals surface area contributed by atoms with Crippen molar-refractivity contribution in [1.29, 1.82) is 0 Å². The van der Waals surface area contributed by atoms with Crippen LogP contribution in [0, 0.1) is 0 Å². The Kier molecular flexibility index (Phi) is 7.99. The molecular formula is C58H36N2S2. The summed E-state index contributed by atoms with van der Waals surface area (Å²) in [5.74, 6) is 0. The van der Waals surface area contributed by atoms with E-state index < -0.39 is 0 Å². The highest BCUT2D eigenvalue weighted by atomic mass is 32.1. The van der Waals surface area contributed by atoms with Gasteiger partial charge in [-0.05, 0) is 92.3 Å². The Hall–Kier alpha value is -7.50. The first-order valence-electron chi connectivity index (χ1n) is 21.1. The summed E-state index contributed by atoms with van der Waals surface area (Å²) in [6.45, 7) is 0. The van der Waals surface area contributed by atoms with Crippen LogP contribution in [-0.2, 0) is 0 Å². The summed E-state index contributed by atoms with van der Waals surface area (Å²) in [4.78, 5) is 3.71. The summed E-state index contributed by atoms with van der Waals surface area (Å²) in [6, 6.07) is 80.2. The smallest absolute Gasteiger partial charge is 0.109 e. The Morgan fingerprint density at radius 2 is 0.871 bits per heavy atom. The number of para-hydroxylation sites is 2. The third-order valence-corrected chi connectivity index (χ3v) is 14.9. The summed E-state index contributed by atoms with van der Waals surface area (Å²) < 4.78 is 6.37. The number of fused-ring (bicyclic) bond motifs is 10. The van der Waals surface area contributed by atoms with Crippen LogP contribution in [0.25, 0.3) is 101 Å². The number of thiophene rings is 1. The van der Waals surface area contributed by atoms with E-state index in [2.05, 4.69) is 228 Å². The van der Waals surface area contributed by atoms with Crippen molar-refractivity contribution in [1.82, 2.24) is 4.40 Å². The first-order chi connectivity index (χ1) is 30.8. The molecule has 0 aliphatic heterocycles. The van der Waals surface area contributed by atoms with Crippen LogP contribution >= 0.6 is 22.7 Å². The Morgan fingerprint density at radius 1 is 0.355 bits per heavy atom. The van der Waals surface area contributed by atoms with Gasteiger partial charge in [0.25, 0.3) is 0 Å². The lowest BCUT2D eigenvalue weighted by Gasteiger charge is -2.26. The minimum absolute atomic E-state index is 1.11. The molecule has 0 amide bonds. The van der Waals surface area contributed by atoms with E-state index in [0.717, 1.165) is 11.4 Å². The molecule has 0 saturated carbocycles. The van der Waals surface area contributed by atoms with E-state index in [1.165, 1.54) is 107 Å². The topological polar surface area (TPSA) is 7.65 Å². The number of hydrogen-bond acceptors (Lipinski definition) is 3. The maximum Gasteiger partial charge on any atom is 0.109 e. The summed E-state index contributed by atoms with van der Waals surface area (Å²) in [5, 5.41) is 8.91. The fourth-order valence-corrected chi connectivity index (χ4v) is 12.3. The average Bonchev–Trinajstić information content (AvgIpc) is 4.01. The molecule has 3 heterocycles. The number of hydrogen-bond donors (Lipinski definition) is 0. The van der Waals surface area contributed by atoms with Crippen LogP contribution in [0.3, 0.4) is 0 Å². The molecule has 10 aromatic carbocycles. The maximum absolute atomic E-state index is 2.52. The molecule has 0 bridgehead atoms. The van der Waals surface area contributed by atoms with E-state index >= 15 is 0 Å². The molecule has 0 unspecified atom stereocenters. The van der Waals surface area contributed by atoms with Gasteiger partial charge in [-0.2, -0.15) is 0 Å². The molecule has 0 fully saturated rings. The number of benzene rings is 10. The van der Waals surface area contributed by atoms with Crippen molar-refractivity contribution in [3.8, 4) is 33.4 Å². The van der Waals surface area contributed by atoms with Crippen molar-refractivity contribution >= 4 is 107 Å². The van der Waals surface area contributed by atoms with Gasteiger partial charge >= 0.3 is 0 Å². The SMILES string of the molecule is c1ccc2c(-c3ccc(N(c4ccc(-c5cccc6sc7c(-c8cccc9ccccc89)c8ccccc8n7c56)cc4)c4cccc5c4sc4ccccc45)cc3)cccc2c1. The highest BCUT2D eigenvalue weighted by Crippen LogP contribution is 2.48. The molecule has 0 radical (unpaired) electrons. The Labute approximate surface area is 366 Å². The molecular weight excluding hydrogens is 789 g/mol. The summed E-state index contributed by atoms with van der Waals surface area (Å²) in [5.41, 5.74) is 13.3. The fourth-order valence-electron chi connectivity index (χ4n) is 9.80. The highest BCUT2D eigenvalue weighted by Gasteiger charge is 2.23. The van der Waals surface area contributed by atoms with Gasteiger partial charge in [-0.1, -0.05) is 170 Å². The lowest BCUT2D eigenvalue weighted by Crippen LogP contribution is -2.10. The van der Waals surface area contributed by atoms with Gasteiger partial charge in [0.1, 0.15) is 4.83 Å². The van der Waals surface area contributed by atoms with Crippen LogP contribution < -0.4 is 4.90 Å². The van der Waals surface area contributed by atoms with Crippen molar-refractivity contribution in [3.05, 3.63) is 218 Å². The van der Waals surface area contributed by atoms with E-state index in [-0.39, 0.29) is 0 Å². The quantitative estimate of drug-likeness (QED) is 0.162. The highest BCUT2D eigenvalue weighted by molar-refractivity contribution is 7.26. The zero-order chi connectivity index (χ0) is 40.7. The summed E-state index contributed by atoms with van der Waals surface area (Å²) in [7, 11) is 0. The van der Waals surface area contributed by atoms with Gasteiger partial charge in [-0.3, -0.25) is 4.40 Å². The second kappa shape index (κ2) is 14.0. The predicted molar refractivity (Wildman–Crippen MR) is 269 cm³/mol. The number of nitrogens with zero attached hydrogens (tertiary/aromatic N) is 2. The first kappa shape index (κ1) is 35.3. The molecule has 0 saturated heterocycles. The van der Waals surface area contributed by atoms with Gasteiger partial charge in [0.05, 0.1) is 26.1 Å². The monoisotopic (exact) mass is 824 g/mol. The molecule has 290 valence electrons. The van der Waals surface area contributed by atoms with Gasteiger partial charge in [0.2, 0.25) is 0 Å². The molecule has 3 aromatic heterocycles. The molecule has 0 atom stereocenters. The molecule has 0 aliphatic carbocycles. The average molecular weight is 825 g/mol. The summed E-state index contributed by atoms with van der Waals surface area (Å²) >= 11 is 3.76. The van der Waals surface area contributed by atoms with Gasteiger partial charge in [0.15, 0.2) is 0 Å². The zero-order valence-corrected chi connectivity index (χ0v) is 35.1. The van der Waals surface area contributed by atoms with Gasteiger partial charge in [-0.25, -0.2) is 0 Å². The standard InChI is InChI=1S/C58H36N2S2/c1-3-17-43-37(13-1)15-9-21-44(43)39-29-33-41(34-30-39)59(52-26-11-24-49-47-19-6-8-27-53(47)61-57(49)52)42-35-31-40(32-36-42)46-22-12-28-54-56(46)60-51-25-7-5-20-50(51)55(58(60)62-54)48-23-10-16-38-14-2-4-18-45(38)48/h1-36H. The van der Waals surface area contributed by atoms with E-state index in [1.54, 1.807) is 0 Å². The van der Waals surface area contributed by atoms with E-state index in [9.17, 15) is 0 Å². The Morgan fingerprint density at radius 3 is 1.61 bits per heavy atom. The molecule has 2 nitrogen and oxygen atoms in total. The third-order valence-electron chi connectivity index (χ3n) is 12.6. The number of anilines is 3. The molecule has 4 heteroatoms. The molecule has 13 rings (SSSR count). The van der Waals surface area contributed by atoms with Crippen molar-refractivity contribution in [3.63, 3.8) is 0 Å². The normalized spacial score (nSPS) is 11.9. The van der Waals surface area contributed by atoms with Gasteiger partial charge in [-0.15, -0.1) is 22.7 Å². The van der Waals surface area contributed by atoms with Crippen molar-refractivity contribution in [2.45, 2.75) is 0 Å². The van der Waals surface area contributed by atoms with Crippen molar-refractivity contribution in [2.75, 3.05) is 4.90 Å². The molecule has 0 N–H and O–H groups in total. The van der Waals surface area contributed by atoms with Crippen molar-refractivity contribution < 1.29 is 0 Å². The van der Waals surface area contributed by atoms with E-state index in [1.807, 2.05) is 22.7 Å².